The minimum absolute atomic E-state index is 0.160. The molecule has 1 saturated heterocycles. The lowest BCUT2D eigenvalue weighted by molar-refractivity contribution is 0.145. The lowest BCUT2D eigenvalue weighted by atomic mass is 10.1. The molecule has 0 bridgehead atoms. The summed E-state index contributed by atoms with van der Waals surface area (Å²) in [5.74, 6) is 0.923. The van der Waals surface area contributed by atoms with Crippen LogP contribution in [0.25, 0.3) is 0 Å². The van der Waals surface area contributed by atoms with E-state index in [-0.39, 0.29) is 6.10 Å². The van der Waals surface area contributed by atoms with Crippen LogP contribution in [-0.4, -0.2) is 34.3 Å². The fourth-order valence-electron chi connectivity index (χ4n) is 1.81. The van der Waals surface area contributed by atoms with E-state index in [4.69, 9.17) is 18.0 Å². The Bertz CT molecular complexity index is 371. The van der Waals surface area contributed by atoms with Gasteiger partial charge >= 0.3 is 0 Å². The lowest BCUT2D eigenvalue weighted by Crippen LogP contribution is -2.36. The molecule has 86 valence electrons. The van der Waals surface area contributed by atoms with Crippen molar-refractivity contribution in [2.75, 3.05) is 18.0 Å². The maximum Gasteiger partial charge on any atom is 0.128 e. The van der Waals surface area contributed by atoms with Gasteiger partial charge in [-0.2, -0.15) is 0 Å². The quantitative estimate of drug-likeness (QED) is 0.741. The Kier molecular flexibility index (Phi) is 3.36. The molecule has 1 fully saturated rings. The molecule has 0 spiro atoms. The number of aliphatic hydroxyl groups excluding tert-OH is 1. The smallest absolute Gasteiger partial charge is 0.128 e. The monoisotopic (exact) mass is 237 g/mol. The molecule has 1 aliphatic heterocycles. The third-order valence-corrected chi connectivity index (χ3v) is 3.06. The third-order valence-electron chi connectivity index (χ3n) is 2.82. The molecule has 0 saturated carbocycles. The van der Waals surface area contributed by atoms with E-state index < -0.39 is 0 Å². The Morgan fingerprint density at radius 1 is 1.44 bits per heavy atom. The minimum atomic E-state index is -0.160. The number of pyridine rings is 1. The number of hydrogen-bond acceptors (Lipinski definition) is 4. The van der Waals surface area contributed by atoms with Gasteiger partial charge in [-0.05, 0) is 25.0 Å². The summed E-state index contributed by atoms with van der Waals surface area (Å²) in [7, 11) is 0. The van der Waals surface area contributed by atoms with E-state index in [9.17, 15) is 5.11 Å². The number of piperidine rings is 1. The van der Waals surface area contributed by atoms with E-state index in [0.29, 0.717) is 4.99 Å². The highest BCUT2D eigenvalue weighted by Crippen LogP contribution is 2.17. The Balaban J connectivity index is 2.07. The predicted octanol–water partition coefficient (Wildman–Crippen LogP) is 0.677. The molecule has 0 unspecified atom stereocenters. The third kappa shape index (κ3) is 2.48. The summed E-state index contributed by atoms with van der Waals surface area (Å²) in [6.45, 7) is 1.70. The van der Waals surface area contributed by atoms with Crippen LogP contribution in [0.2, 0.25) is 0 Å². The molecule has 0 radical (unpaired) electrons. The van der Waals surface area contributed by atoms with Gasteiger partial charge in [0.25, 0.3) is 0 Å². The van der Waals surface area contributed by atoms with Gasteiger partial charge in [-0.25, -0.2) is 4.98 Å². The Morgan fingerprint density at radius 3 is 2.62 bits per heavy atom. The largest absolute Gasteiger partial charge is 0.393 e. The van der Waals surface area contributed by atoms with Crippen molar-refractivity contribution in [3.05, 3.63) is 23.9 Å². The second-order valence-corrected chi connectivity index (χ2v) is 4.43. The fourth-order valence-corrected chi connectivity index (χ4v) is 1.93. The van der Waals surface area contributed by atoms with Crippen molar-refractivity contribution in [1.29, 1.82) is 0 Å². The van der Waals surface area contributed by atoms with Crippen LogP contribution in [0.15, 0.2) is 18.3 Å². The van der Waals surface area contributed by atoms with Crippen molar-refractivity contribution >= 4 is 23.0 Å². The van der Waals surface area contributed by atoms with Gasteiger partial charge in [0.2, 0.25) is 0 Å². The molecule has 2 heterocycles. The highest BCUT2D eigenvalue weighted by Gasteiger charge is 2.17. The molecule has 4 nitrogen and oxygen atoms in total. The number of rotatable bonds is 2. The van der Waals surface area contributed by atoms with Crippen LogP contribution in [0.5, 0.6) is 0 Å². The van der Waals surface area contributed by atoms with Crippen LogP contribution in [-0.2, 0) is 0 Å². The number of aromatic nitrogens is 1. The summed E-state index contributed by atoms with van der Waals surface area (Å²) in [5.41, 5.74) is 6.29. The molecular formula is C11H15N3OS. The zero-order valence-corrected chi connectivity index (χ0v) is 9.78. The van der Waals surface area contributed by atoms with Crippen molar-refractivity contribution < 1.29 is 5.11 Å². The molecule has 1 aromatic heterocycles. The summed E-state index contributed by atoms with van der Waals surface area (Å²) in [6.07, 6.45) is 3.15. The standard InChI is InChI=1S/C11H15N3OS/c12-11(16)8-1-2-10(13-7-8)14-5-3-9(15)4-6-14/h1-2,7,9,15H,3-6H2,(H2,12,16). The first-order valence-electron chi connectivity index (χ1n) is 5.35. The average Bonchev–Trinajstić information content (AvgIpc) is 2.30. The molecule has 1 aromatic rings. The molecule has 2 rings (SSSR count). The Labute approximate surface area is 100 Å². The number of aliphatic hydroxyl groups is 1. The van der Waals surface area contributed by atoms with Gasteiger partial charge in [0, 0.05) is 24.8 Å². The maximum atomic E-state index is 9.41. The Hall–Kier alpha value is -1.20. The number of anilines is 1. The first kappa shape index (κ1) is 11.3. The average molecular weight is 237 g/mol. The van der Waals surface area contributed by atoms with Crippen molar-refractivity contribution in [3.63, 3.8) is 0 Å². The van der Waals surface area contributed by atoms with Gasteiger partial charge in [0.05, 0.1) is 6.10 Å². The molecule has 0 amide bonds. The van der Waals surface area contributed by atoms with Gasteiger partial charge in [-0.1, -0.05) is 12.2 Å². The zero-order chi connectivity index (χ0) is 11.5. The van der Waals surface area contributed by atoms with Crippen molar-refractivity contribution in [2.45, 2.75) is 18.9 Å². The van der Waals surface area contributed by atoms with E-state index in [1.165, 1.54) is 0 Å². The molecule has 0 atom stereocenters. The van der Waals surface area contributed by atoms with Crippen LogP contribution in [0.3, 0.4) is 0 Å². The van der Waals surface area contributed by atoms with Crippen LogP contribution in [0.1, 0.15) is 18.4 Å². The number of nitrogens with zero attached hydrogens (tertiary/aromatic N) is 2. The van der Waals surface area contributed by atoms with Crippen LogP contribution < -0.4 is 10.6 Å². The van der Waals surface area contributed by atoms with Gasteiger partial charge in [-0.15, -0.1) is 0 Å². The topological polar surface area (TPSA) is 62.4 Å². The molecular weight excluding hydrogens is 222 g/mol. The molecule has 16 heavy (non-hydrogen) atoms. The second-order valence-electron chi connectivity index (χ2n) is 3.99. The highest BCUT2D eigenvalue weighted by atomic mass is 32.1. The highest BCUT2D eigenvalue weighted by molar-refractivity contribution is 7.80. The summed E-state index contributed by atoms with van der Waals surface area (Å²) in [6, 6.07) is 3.81. The summed E-state index contributed by atoms with van der Waals surface area (Å²) in [5, 5.41) is 9.41. The van der Waals surface area contributed by atoms with Crippen LogP contribution >= 0.6 is 12.2 Å². The summed E-state index contributed by atoms with van der Waals surface area (Å²) >= 11 is 4.87. The molecule has 0 aliphatic carbocycles. The molecule has 3 N–H and O–H groups in total. The maximum absolute atomic E-state index is 9.41. The van der Waals surface area contributed by atoms with Gasteiger partial charge in [0.1, 0.15) is 10.8 Å². The van der Waals surface area contributed by atoms with Crippen molar-refractivity contribution in [1.82, 2.24) is 4.98 Å². The Morgan fingerprint density at radius 2 is 2.12 bits per heavy atom. The van der Waals surface area contributed by atoms with Gasteiger partial charge in [-0.3, -0.25) is 0 Å². The fraction of sp³-hybridized carbons (Fsp3) is 0.455. The second kappa shape index (κ2) is 4.76. The SMILES string of the molecule is NC(=S)c1ccc(N2CCC(O)CC2)nc1. The first-order chi connectivity index (χ1) is 7.66. The molecule has 0 aromatic carbocycles. The minimum Gasteiger partial charge on any atom is -0.393 e. The van der Waals surface area contributed by atoms with Crippen molar-refractivity contribution in [3.8, 4) is 0 Å². The van der Waals surface area contributed by atoms with E-state index in [1.54, 1.807) is 6.20 Å². The molecule has 1 aliphatic rings. The summed E-state index contributed by atoms with van der Waals surface area (Å²) < 4.78 is 0. The number of nitrogens with two attached hydrogens (primary N) is 1. The van der Waals surface area contributed by atoms with E-state index in [0.717, 1.165) is 37.3 Å². The zero-order valence-electron chi connectivity index (χ0n) is 8.97. The van der Waals surface area contributed by atoms with E-state index >= 15 is 0 Å². The van der Waals surface area contributed by atoms with E-state index in [1.807, 2.05) is 12.1 Å². The predicted molar refractivity (Wildman–Crippen MR) is 67.6 cm³/mol. The first-order valence-corrected chi connectivity index (χ1v) is 5.76. The van der Waals surface area contributed by atoms with Crippen LogP contribution in [0, 0.1) is 0 Å². The lowest BCUT2D eigenvalue weighted by Gasteiger charge is -2.30. The van der Waals surface area contributed by atoms with Crippen molar-refractivity contribution in [2.24, 2.45) is 5.73 Å². The number of thiocarbonyl (C=S) groups is 1. The van der Waals surface area contributed by atoms with Gasteiger partial charge < -0.3 is 15.7 Å². The van der Waals surface area contributed by atoms with Gasteiger partial charge in [0.15, 0.2) is 0 Å². The van der Waals surface area contributed by atoms with E-state index in [2.05, 4.69) is 9.88 Å². The normalized spacial score (nSPS) is 17.4. The number of hydrogen-bond donors (Lipinski definition) is 2. The van der Waals surface area contributed by atoms with Crippen LogP contribution in [0.4, 0.5) is 5.82 Å². The summed E-state index contributed by atoms with van der Waals surface area (Å²) in [4.78, 5) is 6.86. The molecule has 5 heteroatoms.